The maximum absolute atomic E-state index is 12.2. The fraction of sp³-hybridized carbons (Fsp3) is 0.708. The summed E-state index contributed by atoms with van der Waals surface area (Å²) in [5.74, 6) is 1.31. The van der Waals surface area contributed by atoms with Crippen LogP contribution in [-0.2, 0) is 4.79 Å². The number of hydrogen-bond donors (Lipinski definition) is 1. The largest absolute Gasteiger partial charge is 0.495 e. The summed E-state index contributed by atoms with van der Waals surface area (Å²) in [5, 5.41) is 3.05. The van der Waals surface area contributed by atoms with Crippen LogP contribution in [0.15, 0.2) is 18.2 Å². The molecule has 0 atom stereocenters. The molecular weight excluding hydrogens is 348 g/mol. The first kappa shape index (κ1) is 24.3. The number of carbonyl (C=O) groups excluding carboxylic acids is 1. The molecule has 28 heavy (non-hydrogen) atoms. The molecule has 160 valence electrons. The summed E-state index contributed by atoms with van der Waals surface area (Å²) < 4.78 is 5.65. The fourth-order valence-electron chi connectivity index (χ4n) is 3.41. The SMILES string of the molecule is CCCCCCN(CCCCCC)c1cc(NC(=O)CC(C)C)ccc1OC. The fourth-order valence-corrected chi connectivity index (χ4v) is 3.41. The van der Waals surface area contributed by atoms with E-state index in [-0.39, 0.29) is 5.91 Å². The number of hydrogen-bond acceptors (Lipinski definition) is 3. The second-order valence-electron chi connectivity index (χ2n) is 8.14. The second kappa shape index (κ2) is 14.3. The molecule has 0 unspecified atom stereocenters. The lowest BCUT2D eigenvalue weighted by atomic mass is 10.1. The first-order valence-corrected chi connectivity index (χ1v) is 11.2. The maximum atomic E-state index is 12.2. The predicted octanol–water partition coefficient (Wildman–Crippen LogP) is 6.65. The molecule has 0 saturated carbocycles. The van der Waals surface area contributed by atoms with Crippen molar-refractivity contribution in [3.05, 3.63) is 18.2 Å². The number of benzene rings is 1. The highest BCUT2D eigenvalue weighted by molar-refractivity contribution is 5.91. The van der Waals surface area contributed by atoms with E-state index >= 15 is 0 Å². The topological polar surface area (TPSA) is 41.6 Å². The normalized spacial score (nSPS) is 10.9. The minimum atomic E-state index is 0.0727. The molecule has 0 radical (unpaired) electrons. The third-order valence-corrected chi connectivity index (χ3v) is 4.96. The first-order valence-electron chi connectivity index (χ1n) is 11.2. The summed E-state index contributed by atoms with van der Waals surface area (Å²) in [7, 11) is 1.72. The smallest absolute Gasteiger partial charge is 0.224 e. The molecule has 1 aromatic carbocycles. The van der Waals surface area contributed by atoms with E-state index in [0.717, 1.165) is 30.2 Å². The molecule has 0 aliphatic heterocycles. The van der Waals surface area contributed by atoms with Crippen molar-refractivity contribution in [2.75, 3.05) is 30.4 Å². The zero-order valence-corrected chi connectivity index (χ0v) is 18.9. The summed E-state index contributed by atoms with van der Waals surface area (Å²) in [4.78, 5) is 14.6. The highest BCUT2D eigenvalue weighted by Gasteiger charge is 2.14. The molecule has 4 nitrogen and oxygen atoms in total. The number of unbranched alkanes of at least 4 members (excludes halogenated alkanes) is 6. The van der Waals surface area contributed by atoms with Crippen LogP contribution in [0, 0.1) is 5.92 Å². The van der Waals surface area contributed by atoms with E-state index < -0.39 is 0 Å². The van der Waals surface area contributed by atoms with Crippen molar-refractivity contribution in [2.24, 2.45) is 5.92 Å². The van der Waals surface area contributed by atoms with Crippen molar-refractivity contribution >= 4 is 17.3 Å². The molecule has 0 aliphatic rings. The Morgan fingerprint density at radius 1 is 1.00 bits per heavy atom. The van der Waals surface area contributed by atoms with Gasteiger partial charge in [0.15, 0.2) is 0 Å². The lowest BCUT2D eigenvalue weighted by Gasteiger charge is -2.27. The van der Waals surface area contributed by atoms with Gasteiger partial charge in [0.25, 0.3) is 0 Å². The molecule has 0 saturated heterocycles. The molecule has 0 fully saturated rings. The maximum Gasteiger partial charge on any atom is 0.224 e. The molecule has 4 heteroatoms. The number of ether oxygens (including phenoxy) is 1. The highest BCUT2D eigenvalue weighted by atomic mass is 16.5. The predicted molar refractivity (Wildman–Crippen MR) is 122 cm³/mol. The van der Waals surface area contributed by atoms with Gasteiger partial charge in [-0.3, -0.25) is 4.79 Å². The second-order valence-corrected chi connectivity index (χ2v) is 8.14. The Kier molecular flexibility index (Phi) is 12.4. The molecule has 0 aliphatic carbocycles. The van der Waals surface area contributed by atoms with Gasteiger partial charge in [-0.05, 0) is 37.0 Å². The third-order valence-electron chi connectivity index (χ3n) is 4.96. The summed E-state index contributed by atoms with van der Waals surface area (Å²) in [5.41, 5.74) is 1.95. The molecule has 0 heterocycles. The van der Waals surface area contributed by atoms with Gasteiger partial charge in [0.2, 0.25) is 5.91 Å². The Labute approximate surface area is 173 Å². The standard InChI is InChI=1S/C24H42N2O2/c1-6-8-10-12-16-26(17-13-11-9-7-2)22-19-21(14-15-23(22)28-5)25-24(27)18-20(3)4/h14-15,19-20H,6-13,16-18H2,1-5H3,(H,25,27). The van der Waals surface area contributed by atoms with Gasteiger partial charge in [0.1, 0.15) is 5.75 Å². The monoisotopic (exact) mass is 390 g/mol. The number of methoxy groups -OCH3 is 1. The number of rotatable bonds is 15. The van der Waals surface area contributed by atoms with Crippen LogP contribution in [0.4, 0.5) is 11.4 Å². The lowest BCUT2D eigenvalue weighted by Crippen LogP contribution is -2.26. The van der Waals surface area contributed by atoms with Gasteiger partial charge in [-0.25, -0.2) is 0 Å². The number of amides is 1. The average molecular weight is 391 g/mol. The van der Waals surface area contributed by atoms with Crippen LogP contribution in [0.25, 0.3) is 0 Å². The van der Waals surface area contributed by atoms with Crippen LogP contribution >= 0.6 is 0 Å². The van der Waals surface area contributed by atoms with Crippen LogP contribution < -0.4 is 15.0 Å². The van der Waals surface area contributed by atoms with Gasteiger partial charge in [-0.2, -0.15) is 0 Å². The van der Waals surface area contributed by atoms with Crippen LogP contribution in [0.1, 0.15) is 85.5 Å². The van der Waals surface area contributed by atoms with Crippen LogP contribution in [0.2, 0.25) is 0 Å². The summed E-state index contributed by atoms with van der Waals surface area (Å²) >= 11 is 0. The van der Waals surface area contributed by atoms with Gasteiger partial charge in [0, 0.05) is 25.2 Å². The number of nitrogens with zero attached hydrogens (tertiary/aromatic N) is 1. The van der Waals surface area contributed by atoms with E-state index in [2.05, 4.69) is 44.0 Å². The van der Waals surface area contributed by atoms with Crippen molar-refractivity contribution in [3.63, 3.8) is 0 Å². The van der Waals surface area contributed by atoms with Gasteiger partial charge in [-0.1, -0.05) is 66.2 Å². The Morgan fingerprint density at radius 2 is 1.61 bits per heavy atom. The lowest BCUT2D eigenvalue weighted by molar-refractivity contribution is -0.116. The molecular formula is C24H42N2O2. The van der Waals surface area contributed by atoms with E-state index in [1.807, 2.05) is 12.1 Å². The highest BCUT2D eigenvalue weighted by Crippen LogP contribution is 2.32. The van der Waals surface area contributed by atoms with Crippen LogP contribution in [-0.4, -0.2) is 26.1 Å². The number of nitrogens with one attached hydrogen (secondary N) is 1. The Morgan fingerprint density at radius 3 is 2.11 bits per heavy atom. The van der Waals surface area contributed by atoms with Crippen molar-refractivity contribution in [2.45, 2.75) is 85.5 Å². The van der Waals surface area contributed by atoms with Crippen LogP contribution in [0.3, 0.4) is 0 Å². The Hall–Kier alpha value is -1.71. The van der Waals surface area contributed by atoms with E-state index in [9.17, 15) is 4.79 Å². The minimum absolute atomic E-state index is 0.0727. The first-order chi connectivity index (χ1) is 13.5. The van der Waals surface area contributed by atoms with E-state index in [1.54, 1.807) is 7.11 Å². The zero-order chi connectivity index (χ0) is 20.8. The van der Waals surface area contributed by atoms with Crippen molar-refractivity contribution in [3.8, 4) is 5.75 Å². The van der Waals surface area contributed by atoms with Crippen molar-refractivity contribution in [1.29, 1.82) is 0 Å². The summed E-state index contributed by atoms with van der Waals surface area (Å²) in [6, 6.07) is 6.00. The number of anilines is 2. The van der Waals surface area contributed by atoms with Crippen molar-refractivity contribution < 1.29 is 9.53 Å². The summed E-state index contributed by atoms with van der Waals surface area (Å²) in [6.45, 7) is 10.7. The molecule has 1 amide bonds. The molecule has 1 N–H and O–H groups in total. The van der Waals surface area contributed by atoms with Crippen LogP contribution in [0.5, 0.6) is 5.75 Å². The average Bonchev–Trinajstić information content (AvgIpc) is 2.66. The summed E-state index contributed by atoms with van der Waals surface area (Å²) in [6.07, 6.45) is 10.5. The van der Waals surface area contributed by atoms with E-state index in [4.69, 9.17) is 4.74 Å². The van der Waals surface area contributed by atoms with Gasteiger partial charge >= 0.3 is 0 Å². The molecule has 1 rings (SSSR count). The van der Waals surface area contributed by atoms with E-state index in [1.165, 1.54) is 51.4 Å². The molecule has 0 aromatic heterocycles. The van der Waals surface area contributed by atoms with Gasteiger partial charge in [0.05, 0.1) is 12.8 Å². The minimum Gasteiger partial charge on any atom is -0.495 e. The quantitative estimate of drug-likeness (QED) is 0.341. The zero-order valence-electron chi connectivity index (χ0n) is 18.9. The molecule has 1 aromatic rings. The van der Waals surface area contributed by atoms with Gasteiger partial charge in [-0.15, -0.1) is 0 Å². The van der Waals surface area contributed by atoms with Crippen molar-refractivity contribution in [1.82, 2.24) is 0 Å². The number of carbonyl (C=O) groups is 1. The van der Waals surface area contributed by atoms with Gasteiger partial charge < -0.3 is 15.0 Å². The van der Waals surface area contributed by atoms with E-state index in [0.29, 0.717) is 12.3 Å². The molecule has 0 bridgehead atoms. The third kappa shape index (κ3) is 9.48. The Balaban J connectivity index is 2.92. The molecule has 0 spiro atoms. The Bertz CT molecular complexity index is 546.